The van der Waals surface area contributed by atoms with Crippen molar-refractivity contribution in [3.8, 4) is 0 Å². The summed E-state index contributed by atoms with van der Waals surface area (Å²) < 4.78 is 0. The van der Waals surface area contributed by atoms with Crippen LogP contribution in [0.25, 0.3) is 0 Å². The van der Waals surface area contributed by atoms with E-state index >= 15 is 0 Å². The molecule has 0 aromatic carbocycles. The van der Waals surface area contributed by atoms with Crippen LogP contribution < -0.4 is 11.1 Å². The molecule has 19 heavy (non-hydrogen) atoms. The van der Waals surface area contributed by atoms with Gasteiger partial charge in [0.2, 0.25) is 11.8 Å². The summed E-state index contributed by atoms with van der Waals surface area (Å²) in [4.78, 5) is 25.7. The molecule has 1 aliphatic rings. The summed E-state index contributed by atoms with van der Waals surface area (Å²) in [6.07, 6.45) is 3.80. The first-order chi connectivity index (χ1) is 8.91. The second-order valence-corrected chi connectivity index (χ2v) is 6.05. The molecule has 0 atom stereocenters. The molecule has 110 valence electrons. The van der Waals surface area contributed by atoms with E-state index in [1.54, 1.807) is 7.05 Å². The first kappa shape index (κ1) is 16.0. The first-order valence-electron chi connectivity index (χ1n) is 7.13. The van der Waals surface area contributed by atoms with Gasteiger partial charge < -0.3 is 16.0 Å². The summed E-state index contributed by atoms with van der Waals surface area (Å²) in [6, 6.07) is 0. The normalized spacial score (nSPS) is 17.5. The van der Waals surface area contributed by atoms with Gasteiger partial charge in [-0.05, 0) is 18.8 Å². The monoisotopic (exact) mass is 269 g/mol. The van der Waals surface area contributed by atoms with Crippen molar-refractivity contribution >= 4 is 11.8 Å². The molecule has 5 heteroatoms. The third-order valence-corrected chi connectivity index (χ3v) is 3.84. The molecule has 3 N–H and O–H groups in total. The highest BCUT2D eigenvalue weighted by Crippen LogP contribution is 2.38. The Balaban J connectivity index is 2.50. The zero-order valence-electron chi connectivity index (χ0n) is 12.4. The van der Waals surface area contributed by atoms with Crippen molar-refractivity contribution < 1.29 is 9.59 Å². The summed E-state index contributed by atoms with van der Waals surface area (Å²) in [7, 11) is 1.69. The Labute approximate surface area is 115 Å². The second kappa shape index (κ2) is 6.89. The van der Waals surface area contributed by atoms with Crippen molar-refractivity contribution in [1.82, 2.24) is 10.2 Å². The maximum absolute atomic E-state index is 12.4. The Hall–Kier alpha value is -1.10. The van der Waals surface area contributed by atoms with Gasteiger partial charge in [-0.2, -0.15) is 0 Å². The van der Waals surface area contributed by atoms with Gasteiger partial charge in [0.15, 0.2) is 0 Å². The molecule has 1 aliphatic carbocycles. The summed E-state index contributed by atoms with van der Waals surface area (Å²) in [5.41, 5.74) is 5.37. The molecule has 0 aromatic heterocycles. The van der Waals surface area contributed by atoms with Crippen LogP contribution in [0, 0.1) is 11.3 Å². The van der Waals surface area contributed by atoms with Gasteiger partial charge in [0.05, 0.1) is 12.0 Å². The maximum Gasteiger partial charge on any atom is 0.239 e. The van der Waals surface area contributed by atoms with E-state index in [-0.39, 0.29) is 18.4 Å². The van der Waals surface area contributed by atoms with Crippen molar-refractivity contribution in [2.45, 2.75) is 39.5 Å². The third-order valence-electron chi connectivity index (χ3n) is 3.84. The average Bonchev–Trinajstić information content (AvgIpc) is 2.85. The van der Waals surface area contributed by atoms with Gasteiger partial charge >= 0.3 is 0 Å². The molecule has 2 amide bonds. The number of nitrogens with one attached hydrogen (secondary N) is 1. The molecule has 0 unspecified atom stereocenters. The molecule has 5 nitrogen and oxygen atoms in total. The van der Waals surface area contributed by atoms with E-state index in [0.717, 1.165) is 25.7 Å². The number of amides is 2. The Morgan fingerprint density at radius 3 is 2.37 bits per heavy atom. The van der Waals surface area contributed by atoms with Crippen LogP contribution in [0.2, 0.25) is 0 Å². The van der Waals surface area contributed by atoms with Crippen LogP contribution in [0.3, 0.4) is 0 Å². The Morgan fingerprint density at radius 1 is 1.32 bits per heavy atom. The fraction of sp³-hybridized carbons (Fsp3) is 0.857. The standard InChI is InChI=1S/C14H27N3O2/c1-11(2)8-16-12(18)9-17(3)13(19)14(10-15)6-4-5-7-14/h11H,4-10,15H2,1-3H3,(H,16,18). The smallest absolute Gasteiger partial charge is 0.239 e. The lowest BCUT2D eigenvalue weighted by Gasteiger charge is -2.30. The molecule has 0 radical (unpaired) electrons. The summed E-state index contributed by atoms with van der Waals surface area (Å²) >= 11 is 0. The fourth-order valence-electron chi connectivity index (χ4n) is 2.62. The van der Waals surface area contributed by atoms with Crippen LogP contribution in [0.4, 0.5) is 0 Å². The Kier molecular flexibility index (Phi) is 5.79. The zero-order valence-corrected chi connectivity index (χ0v) is 12.4. The van der Waals surface area contributed by atoms with Crippen molar-refractivity contribution in [3.05, 3.63) is 0 Å². The molecule has 1 saturated carbocycles. The highest BCUT2D eigenvalue weighted by Gasteiger charge is 2.41. The molecular formula is C14H27N3O2. The van der Waals surface area contributed by atoms with E-state index in [2.05, 4.69) is 5.32 Å². The number of carbonyl (C=O) groups excluding carboxylic acids is 2. The molecular weight excluding hydrogens is 242 g/mol. The number of nitrogens with zero attached hydrogens (tertiary/aromatic N) is 1. The zero-order chi connectivity index (χ0) is 14.5. The fourth-order valence-corrected chi connectivity index (χ4v) is 2.62. The highest BCUT2D eigenvalue weighted by atomic mass is 16.2. The van der Waals surface area contributed by atoms with Gasteiger partial charge in [-0.1, -0.05) is 26.7 Å². The van der Waals surface area contributed by atoms with Crippen LogP contribution in [-0.4, -0.2) is 43.4 Å². The third kappa shape index (κ3) is 4.20. The van der Waals surface area contributed by atoms with Gasteiger partial charge in [-0.3, -0.25) is 9.59 Å². The maximum atomic E-state index is 12.4. The van der Waals surface area contributed by atoms with Crippen LogP contribution in [0.1, 0.15) is 39.5 Å². The minimum atomic E-state index is -0.424. The van der Waals surface area contributed by atoms with E-state index < -0.39 is 5.41 Å². The minimum absolute atomic E-state index is 0.0206. The van der Waals surface area contributed by atoms with Gasteiger partial charge in [-0.15, -0.1) is 0 Å². The summed E-state index contributed by atoms with van der Waals surface area (Å²) in [5, 5.41) is 2.82. The number of carbonyl (C=O) groups is 2. The lowest BCUT2D eigenvalue weighted by atomic mass is 9.85. The summed E-state index contributed by atoms with van der Waals surface area (Å²) in [6.45, 7) is 5.22. The van der Waals surface area contributed by atoms with Crippen LogP contribution in [0.15, 0.2) is 0 Å². The van der Waals surface area contributed by atoms with E-state index in [9.17, 15) is 9.59 Å². The predicted molar refractivity (Wildman–Crippen MR) is 75.4 cm³/mol. The summed E-state index contributed by atoms with van der Waals surface area (Å²) in [5.74, 6) is 0.331. The number of rotatable bonds is 6. The van der Waals surface area contributed by atoms with Gasteiger partial charge in [-0.25, -0.2) is 0 Å². The topological polar surface area (TPSA) is 75.4 Å². The SMILES string of the molecule is CC(C)CNC(=O)CN(C)C(=O)C1(CN)CCCC1. The molecule has 1 fully saturated rings. The van der Waals surface area contributed by atoms with Crippen molar-refractivity contribution in [3.63, 3.8) is 0 Å². The van der Waals surface area contributed by atoms with Crippen LogP contribution in [0.5, 0.6) is 0 Å². The second-order valence-electron chi connectivity index (χ2n) is 6.05. The molecule has 0 heterocycles. The predicted octanol–water partition coefficient (Wildman–Crippen LogP) is 0.736. The first-order valence-corrected chi connectivity index (χ1v) is 7.13. The Bertz CT molecular complexity index is 323. The van der Waals surface area contributed by atoms with E-state index in [1.807, 2.05) is 13.8 Å². The van der Waals surface area contributed by atoms with E-state index in [0.29, 0.717) is 19.0 Å². The number of hydrogen-bond donors (Lipinski definition) is 2. The van der Waals surface area contributed by atoms with E-state index in [1.165, 1.54) is 4.90 Å². The molecule has 0 aromatic rings. The lowest BCUT2D eigenvalue weighted by molar-refractivity contribution is -0.143. The van der Waals surface area contributed by atoms with Crippen molar-refractivity contribution in [1.29, 1.82) is 0 Å². The minimum Gasteiger partial charge on any atom is -0.354 e. The molecule has 0 aliphatic heterocycles. The van der Waals surface area contributed by atoms with Crippen LogP contribution >= 0.6 is 0 Å². The van der Waals surface area contributed by atoms with Crippen molar-refractivity contribution in [2.75, 3.05) is 26.7 Å². The van der Waals surface area contributed by atoms with Crippen molar-refractivity contribution in [2.24, 2.45) is 17.1 Å². The number of hydrogen-bond acceptors (Lipinski definition) is 3. The van der Waals surface area contributed by atoms with Crippen LogP contribution in [-0.2, 0) is 9.59 Å². The van der Waals surface area contributed by atoms with Gasteiger partial charge in [0.1, 0.15) is 0 Å². The van der Waals surface area contributed by atoms with E-state index in [4.69, 9.17) is 5.73 Å². The molecule has 0 spiro atoms. The molecule has 0 saturated heterocycles. The molecule has 0 bridgehead atoms. The van der Waals surface area contributed by atoms with Gasteiger partial charge in [0.25, 0.3) is 0 Å². The van der Waals surface area contributed by atoms with Gasteiger partial charge in [0, 0.05) is 20.1 Å². The highest BCUT2D eigenvalue weighted by molar-refractivity contribution is 5.88. The largest absolute Gasteiger partial charge is 0.354 e. The quantitative estimate of drug-likeness (QED) is 0.746. The Morgan fingerprint density at radius 2 is 1.89 bits per heavy atom. The lowest BCUT2D eigenvalue weighted by Crippen LogP contribution is -2.48. The average molecular weight is 269 g/mol. The number of likely N-dealkylation sites (N-methyl/N-ethyl adjacent to an activating group) is 1. The molecule has 1 rings (SSSR count). The number of nitrogens with two attached hydrogens (primary N) is 1.